The number of hydrogen-bond donors (Lipinski definition) is 2. The average molecular weight is 469 g/mol. The van der Waals surface area contributed by atoms with E-state index < -0.39 is 42.2 Å². The van der Waals surface area contributed by atoms with Crippen molar-refractivity contribution in [1.29, 1.82) is 0 Å². The molecule has 7 nitrogen and oxygen atoms in total. The van der Waals surface area contributed by atoms with Gasteiger partial charge in [-0.15, -0.1) is 0 Å². The summed E-state index contributed by atoms with van der Waals surface area (Å²) in [5, 5.41) is 5.69. The zero-order valence-corrected chi connectivity index (χ0v) is 18.7. The molecule has 5 atom stereocenters. The van der Waals surface area contributed by atoms with Crippen LogP contribution >= 0.6 is 0 Å². The van der Waals surface area contributed by atoms with E-state index in [1.165, 1.54) is 17.0 Å². The topological polar surface area (TPSA) is 73.9 Å². The van der Waals surface area contributed by atoms with Crippen molar-refractivity contribution in [2.45, 2.75) is 56.8 Å². The number of rotatable bonds is 6. The van der Waals surface area contributed by atoms with Crippen molar-refractivity contribution >= 4 is 11.8 Å². The lowest BCUT2D eigenvalue weighted by atomic mass is 9.95. The van der Waals surface area contributed by atoms with Crippen molar-refractivity contribution in [2.24, 2.45) is 0 Å². The molecule has 0 saturated carbocycles. The van der Waals surface area contributed by atoms with Crippen LogP contribution in [0, 0.1) is 5.82 Å². The smallest absolute Gasteiger partial charge is 0.244 e. The highest BCUT2D eigenvalue weighted by Gasteiger charge is 2.38. The van der Waals surface area contributed by atoms with E-state index in [9.17, 15) is 22.8 Å². The molecule has 3 aliphatic heterocycles. The normalized spacial score (nSPS) is 28.2. The van der Waals surface area contributed by atoms with Crippen LogP contribution in [-0.4, -0.2) is 91.5 Å². The number of fused-ring (bicyclic) bond motifs is 1. The monoisotopic (exact) mass is 468 g/mol. The van der Waals surface area contributed by atoms with Gasteiger partial charge >= 0.3 is 0 Å². The van der Waals surface area contributed by atoms with Gasteiger partial charge in [-0.1, -0.05) is 6.07 Å². The van der Waals surface area contributed by atoms with E-state index in [4.69, 9.17) is 4.74 Å². The summed E-state index contributed by atoms with van der Waals surface area (Å²) in [5.74, 6) is -1.01. The second kappa shape index (κ2) is 10.4. The molecule has 182 valence electrons. The number of nitrogens with zero attached hydrogens (tertiary/aromatic N) is 2. The molecule has 0 bridgehead atoms. The molecule has 4 rings (SSSR count). The van der Waals surface area contributed by atoms with Gasteiger partial charge in [-0.3, -0.25) is 14.5 Å². The van der Waals surface area contributed by atoms with E-state index >= 15 is 0 Å². The number of alkyl halides is 2. The van der Waals surface area contributed by atoms with E-state index in [0.717, 1.165) is 5.56 Å². The second-order valence-corrected chi connectivity index (χ2v) is 9.12. The van der Waals surface area contributed by atoms with Gasteiger partial charge in [0.2, 0.25) is 11.8 Å². The number of carbonyl (C=O) groups is 2. The first-order chi connectivity index (χ1) is 15.8. The highest BCUT2D eigenvalue weighted by molar-refractivity contribution is 5.89. The largest absolute Gasteiger partial charge is 0.379 e. The molecule has 33 heavy (non-hydrogen) atoms. The number of carbonyl (C=O) groups excluding carboxylic acids is 2. The van der Waals surface area contributed by atoms with Crippen molar-refractivity contribution in [2.75, 3.05) is 39.4 Å². The van der Waals surface area contributed by atoms with Crippen LogP contribution in [0.2, 0.25) is 0 Å². The Balaban J connectivity index is 1.51. The zero-order chi connectivity index (χ0) is 23.5. The molecular formula is C23H31F3N4O3. The first-order valence-electron chi connectivity index (χ1n) is 11.5. The predicted molar refractivity (Wildman–Crippen MR) is 116 cm³/mol. The molecule has 2 amide bonds. The molecule has 3 aliphatic rings. The third kappa shape index (κ3) is 5.67. The van der Waals surface area contributed by atoms with Crippen molar-refractivity contribution in [1.82, 2.24) is 20.4 Å². The minimum absolute atomic E-state index is 0.0372. The summed E-state index contributed by atoms with van der Waals surface area (Å²) in [4.78, 5) is 29.9. The lowest BCUT2D eigenvalue weighted by molar-refractivity contribution is -0.143. The lowest BCUT2D eigenvalue weighted by Crippen LogP contribution is -2.62. The molecule has 3 heterocycles. The average Bonchev–Trinajstić information content (AvgIpc) is 2.78. The number of ether oxygens (including phenoxy) is 1. The van der Waals surface area contributed by atoms with Crippen LogP contribution in [0.5, 0.6) is 0 Å². The van der Waals surface area contributed by atoms with Crippen LogP contribution < -0.4 is 10.6 Å². The van der Waals surface area contributed by atoms with Gasteiger partial charge in [0.1, 0.15) is 24.2 Å². The van der Waals surface area contributed by atoms with E-state index in [2.05, 4.69) is 15.5 Å². The maximum atomic E-state index is 14.4. The van der Waals surface area contributed by atoms with Crippen molar-refractivity contribution in [3.8, 4) is 0 Å². The molecule has 0 spiro atoms. The minimum Gasteiger partial charge on any atom is -0.379 e. The van der Waals surface area contributed by atoms with Gasteiger partial charge in [-0.2, -0.15) is 0 Å². The van der Waals surface area contributed by atoms with E-state index in [1.807, 2.05) is 0 Å². The van der Waals surface area contributed by atoms with Crippen LogP contribution in [0.1, 0.15) is 24.5 Å². The number of morpholine rings is 1. The van der Waals surface area contributed by atoms with Gasteiger partial charge in [0, 0.05) is 45.2 Å². The molecule has 0 aliphatic carbocycles. The highest BCUT2D eigenvalue weighted by atomic mass is 19.1. The molecule has 0 radical (unpaired) electrons. The number of hydrogen-bond acceptors (Lipinski definition) is 5. The number of halogens is 3. The Morgan fingerprint density at radius 3 is 2.76 bits per heavy atom. The van der Waals surface area contributed by atoms with Crippen LogP contribution in [-0.2, 0) is 27.3 Å². The molecular weight excluding hydrogens is 437 g/mol. The summed E-state index contributed by atoms with van der Waals surface area (Å²) < 4.78 is 47.1. The van der Waals surface area contributed by atoms with Crippen LogP contribution in [0.25, 0.3) is 0 Å². The number of amides is 2. The first kappa shape index (κ1) is 24.0. The van der Waals surface area contributed by atoms with Crippen molar-refractivity contribution in [3.63, 3.8) is 0 Å². The second-order valence-electron chi connectivity index (χ2n) is 9.12. The quantitative estimate of drug-likeness (QED) is 0.651. The van der Waals surface area contributed by atoms with Crippen LogP contribution in [0.3, 0.4) is 0 Å². The van der Waals surface area contributed by atoms with Gasteiger partial charge in [-0.05, 0) is 30.2 Å². The fraction of sp³-hybridized carbons (Fsp3) is 0.652. The first-order valence-corrected chi connectivity index (χ1v) is 11.5. The van der Waals surface area contributed by atoms with Gasteiger partial charge in [0.25, 0.3) is 0 Å². The summed E-state index contributed by atoms with van der Waals surface area (Å²) in [6.45, 7) is 4.45. The van der Waals surface area contributed by atoms with Gasteiger partial charge in [-0.25, -0.2) is 13.2 Å². The summed E-state index contributed by atoms with van der Waals surface area (Å²) in [5.41, 5.74) is 1.43. The van der Waals surface area contributed by atoms with Gasteiger partial charge in [0.05, 0.1) is 25.7 Å². The number of nitrogens with one attached hydrogen (secondary N) is 2. The predicted octanol–water partition coefficient (Wildman–Crippen LogP) is 0.954. The summed E-state index contributed by atoms with van der Waals surface area (Å²) in [6, 6.07) is 2.19. The van der Waals surface area contributed by atoms with E-state index in [0.29, 0.717) is 38.4 Å². The Hall–Kier alpha value is -2.17. The Labute approximate surface area is 191 Å². The fourth-order valence-electron chi connectivity index (χ4n) is 4.85. The van der Waals surface area contributed by atoms with E-state index in [1.54, 1.807) is 13.0 Å². The Morgan fingerprint density at radius 1 is 1.27 bits per heavy atom. The molecule has 0 aromatic heterocycles. The van der Waals surface area contributed by atoms with Crippen molar-refractivity contribution in [3.05, 3.63) is 35.1 Å². The fourth-order valence-corrected chi connectivity index (χ4v) is 4.85. The maximum absolute atomic E-state index is 14.4. The molecule has 2 N–H and O–H groups in total. The maximum Gasteiger partial charge on any atom is 0.244 e. The molecule has 1 aromatic rings. The molecule has 10 heteroatoms. The highest BCUT2D eigenvalue weighted by Crippen LogP contribution is 2.24. The van der Waals surface area contributed by atoms with E-state index in [-0.39, 0.29) is 31.8 Å². The minimum atomic E-state index is -1.42. The lowest BCUT2D eigenvalue weighted by Gasteiger charge is -2.40. The summed E-state index contributed by atoms with van der Waals surface area (Å²) in [7, 11) is 0. The molecule has 2 fully saturated rings. The SMILES string of the molecule is C[C@@H](NC(=O)[C@@H](CN1CCOCC1)N1Cc2cc(F)ccc2CC1=O)C1NCC(F)CC1F. The van der Waals surface area contributed by atoms with Crippen LogP contribution in [0.4, 0.5) is 13.2 Å². The molecule has 1 aromatic carbocycles. The van der Waals surface area contributed by atoms with Crippen LogP contribution in [0.15, 0.2) is 18.2 Å². The van der Waals surface area contributed by atoms with Gasteiger partial charge < -0.3 is 20.3 Å². The van der Waals surface area contributed by atoms with Crippen molar-refractivity contribution < 1.29 is 27.5 Å². The molecule has 2 saturated heterocycles. The third-order valence-corrected chi connectivity index (χ3v) is 6.74. The molecule has 3 unspecified atom stereocenters. The summed E-state index contributed by atoms with van der Waals surface area (Å²) in [6.07, 6.45) is -2.79. The zero-order valence-electron chi connectivity index (χ0n) is 18.7. The Kier molecular flexibility index (Phi) is 7.55. The number of piperidine rings is 1. The number of benzene rings is 1. The van der Waals surface area contributed by atoms with Gasteiger partial charge in [0.15, 0.2) is 0 Å². The summed E-state index contributed by atoms with van der Waals surface area (Å²) >= 11 is 0. The Morgan fingerprint density at radius 2 is 2.03 bits per heavy atom. The standard InChI is InChI=1S/C23H31F3N4O3/c1-14(22-19(26)10-18(25)11-27-22)28-23(32)20(13-29-4-6-33-7-5-29)30-12-16-8-17(24)3-2-15(16)9-21(30)31/h2-3,8,14,18-20,22,27H,4-7,9-13H2,1H3,(H,28,32)/t14-,18?,19?,20-,22?/m1/s1. The Bertz CT molecular complexity index is 867. The third-order valence-electron chi connectivity index (χ3n) is 6.74.